The number of hydrogen-bond acceptors (Lipinski definition) is 5. The van der Waals surface area contributed by atoms with E-state index in [-0.39, 0.29) is 6.61 Å². The van der Waals surface area contributed by atoms with E-state index in [1.807, 2.05) is 0 Å². The minimum atomic E-state index is 0.0452. The number of rotatable bonds is 2. The van der Waals surface area contributed by atoms with E-state index in [0.29, 0.717) is 17.6 Å². The van der Waals surface area contributed by atoms with Crippen LogP contribution in [0.15, 0.2) is 12.7 Å². The molecule has 0 aromatic carbocycles. The van der Waals surface area contributed by atoms with E-state index in [2.05, 4.69) is 15.0 Å². The van der Waals surface area contributed by atoms with Gasteiger partial charge in [0.2, 0.25) is 0 Å². The maximum atomic E-state index is 8.76. The number of nitrogens with two attached hydrogens (primary N) is 1. The molecule has 0 spiro atoms. The van der Waals surface area contributed by atoms with Crippen molar-refractivity contribution in [2.24, 2.45) is 0 Å². The molecule has 6 heteroatoms. The third kappa shape index (κ3) is 1.20. The van der Waals surface area contributed by atoms with Crippen LogP contribution in [0.4, 0.5) is 0 Å². The zero-order chi connectivity index (χ0) is 9.26. The fourth-order valence-electron chi connectivity index (χ4n) is 1.19. The lowest BCUT2D eigenvalue weighted by molar-refractivity contribution is 0.298. The van der Waals surface area contributed by atoms with Crippen LogP contribution in [-0.4, -0.2) is 31.3 Å². The fourth-order valence-corrected chi connectivity index (χ4v) is 1.19. The molecule has 0 unspecified atom stereocenters. The van der Waals surface area contributed by atoms with Gasteiger partial charge in [0.1, 0.15) is 18.2 Å². The first-order chi connectivity index (χ1) is 6.33. The first-order valence-corrected chi connectivity index (χ1v) is 3.86. The molecule has 0 bridgehead atoms. The van der Waals surface area contributed by atoms with Gasteiger partial charge in [-0.3, -0.25) is 0 Å². The van der Waals surface area contributed by atoms with Crippen LogP contribution in [0.5, 0.6) is 0 Å². The molecule has 0 saturated heterocycles. The van der Waals surface area contributed by atoms with Crippen molar-refractivity contribution in [1.82, 2.24) is 19.6 Å². The molecule has 6 nitrogen and oxygen atoms in total. The van der Waals surface area contributed by atoms with Crippen LogP contribution in [0.3, 0.4) is 0 Å². The minimum absolute atomic E-state index is 0.0452. The van der Waals surface area contributed by atoms with Crippen molar-refractivity contribution in [3.63, 3.8) is 0 Å². The maximum Gasteiger partial charge on any atom is 0.181 e. The first-order valence-electron chi connectivity index (χ1n) is 3.86. The molecule has 0 saturated carbocycles. The predicted octanol–water partition coefficient (Wildman–Crippen LogP) is -0.925. The van der Waals surface area contributed by atoms with Crippen molar-refractivity contribution in [1.29, 1.82) is 0 Å². The van der Waals surface area contributed by atoms with Crippen LogP contribution in [0.1, 0.15) is 5.69 Å². The molecule has 0 aliphatic heterocycles. The molecule has 0 fully saturated rings. The lowest BCUT2D eigenvalue weighted by Crippen LogP contribution is -2.07. The third-order valence-corrected chi connectivity index (χ3v) is 1.78. The Balaban J connectivity index is 2.63. The molecule has 2 rings (SSSR count). The Morgan fingerprint density at radius 3 is 3.00 bits per heavy atom. The average Bonchev–Trinajstić information content (AvgIpc) is 2.50. The van der Waals surface area contributed by atoms with Gasteiger partial charge in [0.05, 0.1) is 5.69 Å². The number of imidazole rings is 1. The highest BCUT2D eigenvalue weighted by Gasteiger charge is 2.07. The summed E-state index contributed by atoms with van der Waals surface area (Å²) in [5.41, 5.74) is 1.95. The van der Waals surface area contributed by atoms with Crippen molar-refractivity contribution >= 4 is 11.2 Å². The van der Waals surface area contributed by atoms with Gasteiger partial charge in [-0.2, -0.15) is 0 Å². The second-order valence-electron chi connectivity index (χ2n) is 2.62. The Bertz CT molecular complexity index is 424. The largest absolute Gasteiger partial charge is 0.396 e. The Labute approximate surface area is 74.0 Å². The van der Waals surface area contributed by atoms with Crippen molar-refractivity contribution in [2.75, 3.05) is 12.4 Å². The number of nitrogen functional groups attached to an aromatic ring is 1. The molecular weight excluding hydrogens is 170 g/mol. The van der Waals surface area contributed by atoms with Crippen LogP contribution >= 0.6 is 0 Å². The van der Waals surface area contributed by atoms with Gasteiger partial charge in [0.15, 0.2) is 5.65 Å². The highest BCUT2D eigenvalue weighted by molar-refractivity contribution is 5.72. The molecular formula is C7H9N5O. The van der Waals surface area contributed by atoms with Crippen molar-refractivity contribution in [2.45, 2.75) is 6.42 Å². The van der Waals surface area contributed by atoms with Crippen LogP contribution in [0.25, 0.3) is 11.2 Å². The Morgan fingerprint density at radius 1 is 1.38 bits per heavy atom. The fraction of sp³-hybridized carbons (Fsp3) is 0.286. The number of aliphatic hydroxyl groups is 1. The number of fused-ring (bicyclic) bond motifs is 1. The zero-order valence-corrected chi connectivity index (χ0v) is 6.88. The van der Waals surface area contributed by atoms with Crippen LogP contribution in [-0.2, 0) is 6.42 Å². The quantitative estimate of drug-likeness (QED) is 0.581. The number of nitrogens with zero attached hydrogens (tertiary/aromatic N) is 4. The van der Waals surface area contributed by atoms with Gasteiger partial charge in [-0.25, -0.2) is 19.6 Å². The molecule has 0 aliphatic rings. The van der Waals surface area contributed by atoms with Gasteiger partial charge in [-0.1, -0.05) is 0 Å². The summed E-state index contributed by atoms with van der Waals surface area (Å²) in [5.74, 6) is 5.54. The summed E-state index contributed by atoms with van der Waals surface area (Å²) >= 11 is 0. The molecule has 2 heterocycles. The summed E-state index contributed by atoms with van der Waals surface area (Å²) < 4.78 is 1.33. The van der Waals surface area contributed by atoms with Gasteiger partial charge in [-0.05, 0) is 0 Å². The van der Waals surface area contributed by atoms with Gasteiger partial charge >= 0.3 is 0 Å². The zero-order valence-electron chi connectivity index (χ0n) is 6.88. The van der Waals surface area contributed by atoms with Crippen LogP contribution in [0.2, 0.25) is 0 Å². The van der Waals surface area contributed by atoms with E-state index in [4.69, 9.17) is 10.9 Å². The number of aromatic nitrogens is 4. The molecule has 2 aromatic heterocycles. The summed E-state index contributed by atoms with van der Waals surface area (Å²) in [5, 5.41) is 8.76. The van der Waals surface area contributed by atoms with E-state index >= 15 is 0 Å². The smallest absolute Gasteiger partial charge is 0.181 e. The normalized spacial score (nSPS) is 10.8. The average molecular weight is 179 g/mol. The molecule has 13 heavy (non-hydrogen) atoms. The number of hydrogen-bond donors (Lipinski definition) is 2. The summed E-state index contributed by atoms with van der Waals surface area (Å²) in [6.07, 6.45) is 3.36. The van der Waals surface area contributed by atoms with Crippen LogP contribution in [0, 0.1) is 0 Å². The van der Waals surface area contributed by atoms with Gasteiger partial charge < -0.3 is 10.9 Å². The highest BCUT2D eigenvalue weighted by atomic mass is 16.3. The van der Waals surface area contributed by atoms with Gasteiger partial charge in [-0.15, -0.1) is 0 Å². The van der Waals surface area contributed by atoms with E-state index in [1.54, 1.807) is 0 Å². The molecule has 0 radical (unpaired) electrons. The predicted molar refractivity (Wildman–Crippen MR) is 46.3 cm³/mol. The second kappa shape index (κ2) is 2.98. The Kier molecular flexibility index (Phi) is 1.82. The second-order valence-corrected chi connectivity index (χ2v) is 2.62. The van der Waals surface area contributed by atoms with E-state index < -0.39 is 0 Å². The lowest BCUT2D eigenvalue weighted by Gasteiger charge is -1.97. The van der Waals surface area contributed by atoms with Gasteiger partial charge in [0, 0.05) is 13.0 Å². The minimum Gasteiger partial charge on any atom is -0.396 e. The van der Waals surface area contributed by atoms with Crippen molar-refractivity contribution in [3.05, 3.63) is 18.3 Å². The van der Waals surface area contributed by atoms with E-state index in [0.717, 1.165) is 5.69 Å². The maximum absolute atomic E-state index is 8.76. The molecule has 0 aliphatic carbocycles. The number of aliphatic hydroxyl groups excluding tert-OH is 1. The topological polar surface area (TPSA) is 89.9 Å². The molecule has 0 amide bonds. The van der Waals surface area contributed by atoms with Crippen LogP contribution < -0.4 is 5.84 Å². The SMILES string of the molecule is Nn1cnc2c(CCO)ncnc21. The van der Waals surface area contributed by atoms with Crippen molar-refractivity contribution in [3.8, 4) is 0 Å². The van der Waals surface area contributed by atoms with Crippen molar-refractivity contribution < 1.29 is 5.11 Å². The van der Waals surface area contributed by atoms with E-state index in [9.17, 15) is 0 Å². The Hall–Kier alpha value is -1.69. The monoisotopic (exact) mass is 179 g/mol. The molecule has 2 aromatic rings. The molecule has 68 valence electrons. The molecule has 0 atom stereocenters. The van der Waals surface area contributed by atoms with Gasteiger partial charge in [0.25, 0.3) is 0 Å². The standard InChI is InChI=1S/C7H9N5O/c8-12-4-11-6-5(1-2-13)9-3-10-7(6)12/h3-4,13H,1-2,8H2. The first kappa shape index (κ1) is 7.93. The lowest BCUT2D eigenvalue weighted by atomic mass is 10.3. The summed E-state index contributed by atoms with van der Waals surface area (Å²) in [4.78, 5) is 12.0. The summed E-state index contributed by atoms with van der Waals surface area (Å²) in [6.45, 7) is 0.0452. The highest BCUT2D eigenvalue weighted by Crippen LogP contribution is 2.10. The Morgan fingerprint density at radius 2 is 2.23 bits per heavy atom. The van der Waals surface area contributed by atoms with E-state index in [1.165, 1.54) is 17.3 Å². The molecule has 3 N–H and O–H groups in total. The summed E-state index contributed by atoms with van der Waals surface area (Å²) in [6, 6.07) is 0. The third-order valence-electron chi connectivity index (χ3n) is 1.78. The summed E-state index contributed by atoms with van der Waals surface area (Å²) in [7, 11) is 0.